The highest BCUT2D eigenvalue weighted by Crippen LogP contribution is 2.64. The van der Waals surface area contributed by atoms with E-state index in [9.17, 15) is 0 Å². The summed E-state index contributed by atoms with van der Waals surface area (Å²) in [5.41, 5.74) is 29.5. The number of fused-ring (bicyclic) bond motifs is 25. The van der Waals surface area contributed by atoms with Gasteiger partial charge in [0.05, 0.1) is 38.5 Å². The highest BCUT2D eigenvalue weighted by Gasteiger charge is 2.52. The summed E-state index contributed by atoms with van der Waals surface area (Å²) in [7, 11) is 0. The van der Waals surface area contributed by atoms with Crippen molar-refractivity contribution in [2.24, 2.45) is 0 Å². The van der Waals surface area contributed by atoms with E-state index in [1.165, 1.54) is 88.3 Å². The molecule has 0 aliphatic heterocycles. The Hall–Kier alpha value is -14.5. The first-order chi connectivity index (χ1) is 54.3. The number of rotatable bonds is 7. The van der Waals surface area contributed by atoms with Crippen LogP contribution in [-0.2, 0) is 10.8 Å². The quantitative estimate of drug-likeness (QED) is 0.156. The number of benzene rings is 15. The van der Waals surface area contributed by atoms with Gasteiger partial charge in [-0.2, -0.15) is 15.0 Å². The van der Waals surface area contributed by atoms with Crippen molar-refractivity contribution in [1.29, 1.82) is 0 Å². The molecule has 24 rings (SSSR count). The van der Waals surface area contributed by atoms with Gasteiger partial charge >= 0.3 is 0 Å². The zero-order valence-electron chi connectivity index (χ0n) is 59.8. The van der Waals surface area contributed by atoms with Crippen LogP contribution in [-0.4, -0.2) is 43.6 Å². The molecule has 0 bridgehead atoms. The van der Waals surface area contributed by atoms with Gasteiger partial charge in [0.15, 0.2) is 17.5 Å². The van der Waals surface area contributed by atoms with Crippen molar-refractivity contribution < 1.29 is 4.42 Å². The molecule has 3 aliphatic carbocycles. The van der Waals surface area contributed by atoms with Crippen molar-refractivity contribution in [2.75, 3.05) is 0 Å². The van der Waals surface area contributed by atoms with Gasteiger partial charge in [0, 0.05) is 76.4 Å². The summed E-state index contributed by atoms with van der Waals surface area (Å²) in [6.07, 6.45) is 1.63. The van der Waals surface area contributed by atoms with Gasteiger partial charge < -0.3 is 8.98 Å². The molecule has 21 aromatic rings. The topological polar surface area (TPSA) is 105 Å². The average Bonchev–Trinajstić information content (AvgIpc) is 1.50. The number of nitrogens with zero attached hydrogens (tertiary/aromatic N) is 9. The molecule has 6 heterocycles. The summed E-state index contributed by atoms with van der Waals surface area (Å²) >= 11 is 0. The van der Waals surface area contributed by atoms with Gasteiger partial charge in [0.1, 0.15) is 17.5 Å². The van der Waals surface area contributed by atoms with Crippen LogP contribution in [0, 0.1) is 0 Å². The van der Waals surface area contributed by atoms with E-state index in [1.807, 2.05) is 30.3 Å². The second kappa shape index (κ2) is 23.5. The summed E-state index contributed by atoms with van der Waals surface area (Å²) in [4.78, 5) is 30.4. The van der Waals surface area contributed by atoms with Crippen LogP contribution in [0.3, 0.4) is 0 Å². The summed E-state index contributed by atoms with van der Waals surface area (Å²) < 4.78 is 13.1. The first-order valence-corrected chi connectivity index (χ1v) is 37.5. The maximum Gasteiger partial charge on any atom is 0.238 e. The van der Waals surface area contributed by atoms with Gasteiger partial charge in [-0.25, -0.2) is 15.0 Å². The molecule has 10 nitrogen and oxygen atoms in total. The third-order valence-electron chi connectivity index (χ3n) is 23.6. The third-order valence-corrected chi connectivity index (χ3v) is 23.6. The number of hydrogen-bond acceptors (Lipinski definition) is 7. The number of hydrogen-bond donors (Lipinski definition) is 0. The van der Waals surface area contributed by atoms with E-state index in [2.05, 4.69) is 342 Å². The maximum atomic E-state index is 6.35. The van der Waals surface area contributed by atoms with Crippen molar-refractivity contribution in [2.45, 2.75) is 24.7 Å². The first kappa shape index (κ1) is 61.8. The number of furan rings is 1. The minimum atomic E-state index is -0.418. The predicted molar refractivity (Wildman–Crippen MR) is 446 cm³/mol. The van der Waals surface area contributed by atoms with Crippen molar-refractivity contribution in [1.82, 2.24) is 43.6 Å². The van der Waals surface area contributed by atoms with E-state index >= 15 is 0 Å². The van der Waals surface area contributed by atoms with Gasteiger partial charge in [-0.1, -0.05) is 275 Å². The molecular formula is C100H63N9O. The molecule has 3 aliphatic rings. The summed E-state index contributed by atoms with van der Waals surface area (Å²) in [6, 6.07) is 121. The molecule has 0 saturated heterocycles. The highest BCUT2D eigenvalue weighted by molar-refractivity contribution is 6.15. The zero-order valence-corrected chi connectivity index (χ0v) is 59.8. The third kappa shape index (κ3) is 8.86. The fourth-order valence-electron chi connectivity index (χ4n) is 18.7. The molecule has 514 valence electrons. The molecule has 0 fully saturated rings. The van der Waals surface area contributed by atoms with Crippen LogP contribution in [0.25, 0.3) is 184 Å². The van der Waals surface area contributed by atoms with E-state index in [1.54, 1.807) is 6.33 Å². The highest BCUT2D eigenvalue weighted by atomic mass is 16.3. The molecule has 6 aromatic heterocycles. The normalized spacial score (nSPS) is 13.3. The summed E-state index contributed by atoms with van der Waals surface area (Å²) in [6.45, 7) is 4.66. The van der Waals surface area contributed by atoms with Crippen LogP contribution in [0.4, 0.5) is 0 Å². The molecule has 15 aromatic carbocycles. The monoisotopic (exact) mass is 1410 g/mol. The number of para-hydroxylation sites is 6. The lowest BCUT2D eigenvalue weighted by Gasteiger charge is -2.30. The molecule has 10 heteroatoms. The van der Waals surface area contributed by atoms with Gasteiger partial charge in [0.2, 0.25) is 11.9 Å². The molecule has 0 radical (unpaired) electrons. The van der Waals surface area contributed by atoms with Gasteiger partial charge in [-0.15, -0.1) is 0 Å². The molecule has 0 amide bonds. The smallest absolute Gasteiger partial charge is 0.238 e. The average molecular weight is 1410 g/mol. The Morgan fingerprint density at radius 1 is 0.255 bits per heavy atom. The molecule has 0 atom stereocenters. The van der Waals surface area contributed by atoms with E-state index in [4.69, 9.17) is 29.3 Å². The Balaban J connectivity index is 0.000000132. The standard InChI is InChI=1S/C52H30N4O.C48H33N5/c1-6-19-42-34(12-1)35-13-2-7-20-43(35)52(42)44-21-8-3-14-36(44)40-29-47-41(28-45(40)52)37-15-4-9-22-46(37)56(47)51-54-30-53-50(55-51)32-26-24-31(25-27-32)33-17-11-18-39-38-16-5-10-23-48(38)57-49(33)39;1-48(2)39-22-12-9-19-33(39)36-28-38-35-21-11-14-24-42(35)53(44(38)29-40(36)48)47-50-45(30-15-5-3-6-16-30)49-46(51-47)31-25-26-43-37(27-31)34-20-10-13-23-41(34)52(43)32-17-7-4-8-18-32/h1-30H;3-29H,1-2H3. The first-order valence-electron chi connectivity index (χ1n) is 37.5. The van der Waals surface area contributed by atoms with Crippen molar-refractivity contribution >= 4 is 87.4 Å². The van der Waals surface area contributed by atoms with Gasteiger partial charge in [0.25, 0.3) is 0 Å². The lowest BCUT2D eigenvalue weighted by atomic mass is 9.70. The molecule has 0 unspecified atom stereocenters. The Morgan fingerprint density at radius 3 is 1.38 bits per heavy atom. The molecular weight excluding hydrogens is 1340 g/mol. The summed E-state index contributed by atoms with van der Waals surface area (Å²) in [5, 5.41) is 9.26. The Labute approximate surface area is 631 Å². The predicted octanol–water partition coefficient (Wildman–Crippen LogP) is 24.3. The summed E-state index contributed by atoms with van der Waals surface area (Å²) in [5.74, 6) is 3.06. The Morgan fingerprint density at radius 2 is 0.709 bits per heavy atom. The van der Waals surface area contributed by atoms with Crippen LogP contribution < -0.4 is 0 Å². The molecule has 0 N–H and O–H groups in total. The number of aromatic nitrogens is 9. The van der Waals surface area contributed by atoms with Crippen molar-refractivity contribution in [3.8, 4) is 96.3 Å². The van der Waals surface area contributed by atoms with Crippen LogP contribution in [0.1, 0.15) is 47.2 Å². The second-order valence-electron chi connectivity index (χ2n) is 29.6. The SMILES string of the molecule is CC1(C)c2ccccc2-c2cc3c4ccccc4n(-c4nc(-c5ccccc5)nc(-c5ccc6c(c5)c5ccccc5n6-c5ccccc5)n4)c3cc21.c1ccc2c(c1)-c1ccccc1C21c2ccccc2-c2cc3c(cc21)c1ccccc1n3-c1ncnc(-c2ccc(-c3cccc4c3oc3ccccc34)cc2)n1. The van der Waals surface area contributed by atoms with Crippen LogP contribution >= 0.6 is 0 Å². The van der Waals surface area contributed by atoms with E-state index in [0.717, 1.165) is 99.3 Å². The Bertz CT molecular complexity index is 7400. The molecule has 110 heavy (non-hydrogen) atoms. The van der Waals surface area contributed by atoms with Crippen molar-refractivity contribution in [3.63, 3.8) is 0 Å². The lowest BCUT2D eigenvalue weighted by molar-refractivity contribution is 0.661. The molecule has 0 saturated carbocycles. The zero-order chi connectivity index (χ0) is 72.5. The van der Waals surface area contributed by atoms with Gasteiger partial charge in [-0.05, 0) is 151 Å². The van der Waals surface area contributed by atoms with E-state index in [0.29, 0.717) is 29.4 Å². The van der Waals surface area contributed by atoms with Crippen LogP contribution in [0.5, 0.6) is 0 Å². The fraction of sp³-hybridized carbons (Fsp3) is 0.0400. The second-order valence-corrected chi connectivity index (χ2v) is 29.6. The Kier molecular flexibility index (Phi) is 13.2. The largest absolute Gasteiger partial charge is 0.455 e. The minimum Gasteiger partial charge on any atom is -0.455 e. The maximum absolute atomic E-state index is 6.35. The fourth-order valence-corrected chi connectivity index (χ4v) is 18.7. The van der Waals surface area contributed by atoms with Crippen LogP contribution in [0.2, 0.25) is 0 Å². The minimum absolute atomic E-state index is 0.144. The van der Waals surface area contributed by atoms with E-state index < -0.39 is 5.41 Å². The van der Waals surface area contributed by atoms with Crippen molar-refractivity contribution in [3.05, 3.63) is 379 Å². The van der Waals surface area contributed by atoms with Gasteiger partial charge in [-0.3, -0.25) is 9.13 Å². The molecule has 1 spiro atoms. The van der Waals surface area contributed by atoms with Crippen LogP contribution in [0.15, 0.2) is 350 Å². The van der Waals surface area contributed by atoms with E-state index in [-0.39, 0.29) is 5.41 Å². The lowest BCUT2D eigenvalue weighted by Crippen LogP contribution is -2.25.